The van der Waals surface area contributed by atoms with Gasteiger partial charge in [0.05, 0.1) is 0 Å². The van der Waals surface area contributed by atoms with Crippen molar-refractivity contribution in [2.75, 3.05) is 9.80 Å². The summed E-state index contributed by atoms with van der Waals surface area (Å²) < 4.78 is 0. The predicted molar refractivity (Wildman–Crippen MR) is 242 cm³/mol. The van der Waals surface area contributed by atoms with E-state index in [9.17, 15) is 0 Å². The average Bonchev–Trinajstić information content (AvgIpc) is 3.46. The number of anilines is 5. The van der Waals surface area contributed by atoms with Gasteiger partial charge < -0.3 is 9.80 Å². The molecule has 0 N–H and O–H groups in total. The zero-order valence-electron chi connectivity index (χ0n) is 33.9. The van der Waals surface area contributed by atoms with Crippen LogP contribution in [0.2, 0.25) is 0 Å². The van der Waals surface area contributed by atoms with Crippen molar-refractivity contribution in [2.24, 2.45) is 5.92 Å². The lowest BCUT2D eigenvalue weighted by atomic mass is 9.74. The van der Waals surface area contributed by atoms with Crippen molar-refractivity contribution >= 4 is 28.4 Å². The van der Waals surface area contributed by atoms with E-state index >= 15 is 0 Å². The Morgan fingerprint density at radius 1 is 0.456 bits per heavy atom. The molecule has 2 unspecified atom stereocenters. The van der Waals surface area contributed by atoms with Gasteiger partial charge in [0.25, 0.3) is 0 Å². The third kappa shape index (κ3) is 6.70. The first-order valence-corrected chi connectivity index (χ1v) is 20.3. The number of nitrogens with zero attached hydrogens (tertiary/aromatic N) is 2. The maximum atomic E-state index is 2.52. The fraction of sp³-hybridized carbons (Fsp3) is 0.164. The monoisotopic (exact) mass is 738 g/mol. The zero-order valence-corrected chi connectivity index (χ0v) is 33.9. The Morgan fingerprint density at radius 3 is 1.63 bits per heavy atom. The molecule has 0 bridgehead atoms. The largest absolute Gasteiger partial charge is 0.311 e. The van der Waals surface area contributed by atoms with Crippen molar-refractivity contribution in [2.45, 2.75) is 52.9 Å². The van der Waals surface area contributed by atoms with Gasteiger partial charge in [-0.1, -0.05) is 152 Å². The molecule has 57 heavy (non-hydrogen) atoms. The number of allylic oxidation sites excluding steroid dienone is 3. The van der Waals surface area contributed by atoms with E-state index in [-0.39, 0.29) is 5.41 Å². The minimum atomic E-state index is 0.0871. The van der Waals surface area contributed by atoms with Crippen LogP contribution in [0.25, 0.3) is 22.3 Å². The first kappa shape index (κ1) is 36.3. The molecule has 0 aliphatic heterocycles. The highest BCUT2D eigenvalue weighted by Crippen LogP contribution is 2.54. The van der Waals surface area contributed by atoms with Crippen LogP contribution in [0.1, 0.15) is 53.1 Å². The summed E-state index contributed by atoms with van der Waals surface area (Å²) in [5.74, 6) is 0.773. The highest BCUT2D eigenvalue weighted by molar-refractivity contribution is 5.83. The summed E-state index contributed by atoms with van der Waals surface area (Å²) in [6, 6.07) is 60.2. The fourth-order valence-corrected chi connectivity index (χ4v) is 9.37. The van der Waals surface area contributed by atoms with Crippen LogP contribution in [0, 0.1) is 33.6 Å². The van der Waals surface area contributed by atoms with Crippen molar-refractivity contribution in [1.82, 2.24) is 0 Å². The fourth-order valence-electron chi connectivity index (χ4n) is 9.37. The van der Waals surface area contributed by atoms with E-state index in [0.29, 0.717) is 11.8 Å². The Labute approximate surface area is 339 Å². The molecule has 2 aliphatic rings. The molecule has 0 aromatic heterocycles. The Balaban J connectivity index is 1.06. The van der Waals surface area contributed by atoms with Gasteiger partial charge in [0.1, 0.15) is 0 Å². The van der Waals surface area contributed by atoms with E-state index in [1.165, 1.54) is 72.7 Å². The quantitative estimate of drug-likeness (QED) is 0.153. The summed E-state index contributed by atoms with van der Waals surface area (Å²) in [7, 11) is 0. The minimum absolute atomic E-state index is 0.0871. The van der Waals surface area contributed by atoms with E-state index in [2.05, 4.69) is 233 Å². The normalized spacial score (nSPS) is 16.4. The van der Waals surface area contributed by atoms with Crippen molar-refractivity contribution in [3.8, 4) is 22.3 Å². The SMILES string of the molecule is Cc1ccc(N(C2=CC3c4ccccc4C(C)(C)C3C=C2)c2ccc(-c3ccc(N(c4cccc(-c5ccccc5)c4)c4ccc(C)cc4C)cc3)cc2)c(C)c1. The summed E-state index contributed by atoms with van der Waals surface area (Å²) in [5.41, 5.74) is 19.9. The Morgan fingerprint density at radius 2 is 1.00 bits per heavy atom. The van der Waals surface area contributed by atoms with Crippen LogP contribution >= 0.6 is 0 Å². The van der Waals surface area contributed by atoms with Gasteiger partial charge >= 0.3 is 0 Å². The summed E-state index contributed by atoms with van der Waals surface area (Å²) >= 11 is 0. The van der Waals surface area contributed by atoms with Crippen LogP contribution in [0.4, 0.5) is 28.4 Å². The second-order valence-electron chi connectivity index (χ2n) is 16.6. The summed E-state index contributed by atoms with van der Waals surface area (Å²) in [6.45, 7) is 13.6. The van der Waals surface area contributed by atoms with Gasteiger partial charge in [-0.05, 0) is 138 Å². The Hall–Kier alpha value is -6.38. The third-order valence-electron chi connectivity index (χ3n) is 12.3. The van der Waals surface area contributed by atoms with E-state index in [4.69, 9.17) is 0 Å². The average molecular weight is 739 g/mol. The molecule has 0 saturated heterocycles. The molecule has 9 rings (SSSR count). The summed E-state index contributed by atoms with van der Waals surface area (Å²) in [6.07, 6.45) is 7.34. The summed E-state index contributed by atoms with van der Waals surface area (Å²) in [4.78, 5) is 4.84. The number of fused-ring (bicyclic) bond motifs is 3. The lowest BCUT2D eigenvalue weighted by Crippen LogP contribution is -2.27. The topological polar surface area (TPSA) is 6.48 Å². The number of hydrogen-bond donors (Lipinski definition) is 0. The minimum Gasteiger partial charge on any atom is -0.311 e. The van der Waals surface area contributed by atoms with Gasteiger partial charge in [-0.2, -0.15) is 0 Å². The van der Waals surface area contributed by atoms with Crippen LogP contribution in [0.15, 0.2) is 188 Å². The molecule has 0 fully saturated rings. The van der Waals surface area contributed by atoms with Crippen molar-refractivity contribution in [3.05, 3.63) is 221 Å². The second-order valence-corrected chi connectivity index (χ2v) is 16.6. The first-order chi connectivity index (χ1) is 27.7. The van der Waals surface area contributed by atoms with Gasteiger partial charge in [0.2, 0.25) is 0 Å². The molecule has 0 spiro atoms. The molecule has 0 amide bonds. The second kappa shape index (κ2) is 14.6. The van der Waals surface area contributed by atoms with Crippen LogP contribution in [-0.4, -0.2) is 0 Å². The number of aryl methyl sites for hydroxylation is 4. The number of hydrogen-bond acceptors (Lipinski definition) is 2. The van der Waals surface area contributed by atoms with Gasteiger partial charge in [-0.25, -0.2) is 0 Å². The molecule has 2 nitrogen and oxygen atoms in total. The smallest absolute Gasteiger partial charge is 0.0490 e. The van der Waals surface area contributed by atoms with E-state index in [1.54, 1.807) is 0 Å². The van der Waals surface area contributed by atoms with Crippen LogP contribution < -0.4 is 9.80 Å². The van der Waals surface area contributed by atoms with Gasteiger partial charge in [-0.3, -0.25) is 0 Å². The molecule has 2 atom stereocenters. The van der Waals surface area contributed by atoms with E-state index in [0.717, 1.165) is 17.1 Å². The lowest BCUT2D eigenvalue weighted by molar-refractivity contribution is 0.393. The molecule has 2 aliphatic carbocycles. The molecule has 280 valence electrons. The first-order valence-electron chi connectivity index (χ1n) is 20.3. The molecule has 7 aromatic carbocycles. The molecule has 2 heteroatoms. The number of rotatable bonds is 8. The standard InChI is InChI=1S/C55H50N2/c1-37-19-31-53(39(3)33-37)56(47-16-12-15-44(35-47)41-13-8-7-9-14-41)45-25-21-42(22-26-45)43-23-27-46(28-24-43)57(54-32-20-38(2)34-40(54)4)48-29-30-52-50(36-48)49-17-10-11-18-51(49)55(52,5)6/h7-36,50,52H,1-6H3. The molecule has 0 saturated carbocycles. The van der Waals surface area contributed by atoms with Gasteiger partial charge in [0.15, 0.2) is 0 Å². The van der Waals surface area contributed by atoms with Crippen molar-refractivity contribution in [1.29, 1.82) is 0 Å². The highest BCUT2D eigenvalue weighted by atomic mass is 15.2. The molecule has 0 radical (unpaired) electrons. The zero-order chi connectivity index (χ0) is 39.3. The predicted octanol–water partition coefficient (Wildman–Crippen LogP) is 15.0. The van der Waals surface area contributed by atoms with E-state index < -0.39 is 0 Å². The maximum absolute atomic E-state index is 2.52. The molecule has 7 aromatic rings. The van der Waals surface area contributed by atoms with Gasteiger partial charge in [-0.15, -0.1) is 0 Å². The van der Waals surface area contributed by atoms with Crippen LogP contribution in [0.3, 0.4) is 0 Å². The Bertz CT molecular complexity index is 2640. The van der Waals surface area contributed by atoms with Crippen LogP contribution in [0.5, 0.6) is 0 Å². The van der Waals surface area contributed by atoms with E-state index in [1.807, 2.05) is 0 Å². The maximum Gasteiger partial charge on any atom is 0.0490 e. The lowest BCUT2D eigenvalue weighted by Gasteiger charge is -2.34. The van der Waals surface area contributed by atoms with Crippen LogP contribution in [-0.2, 0) is 5.41 Å². The molecule has 0 heterocycles. The summed E-state index contributed by atoms with van der Waals surface area (Å²) in [5, 5.41) is 0. The molecular formula is C55H50N2. The number of benzene rings is 7. The van der Waals surface area contributed by atoms with Gasteiger partial charge in [0, 0.05) is 40.1 Å². The third-order valence-corrected chi connectivity index (χ3v) is 12.3. The molecular weight excluding hydrogens is 689 g/mol. The highest BCUT2D eigenvalue weighted by Gasteiger charge is 2.45. The van der Waals surface area contributed by atoms with Crippen molar-refractivity contribution in [3.63, 3.8) is 0 Å². The Kier molecular flexibility index (Phi) is 9.29. The van der Waals surface area contributed by atoms with Crippen molar-refractivity contribution < 1.29 is 0 Å².